The van der Waals surface area contributed by atoms with Gasteiger partial charge < -0.3 is 10.6 Å². The van der Waals surface area contributed by atoms with Gasteiger partial charge in [-0.2, -0.15) is 0 Å². The molecule has 70 valence electrons. The van der Waals surface area contributed by atoms with Gasteiger partial charge in [-0.25, -0.2) is 0 Å². The molecule has 1 rings (SSSR count). The normalized spacial score (nSPS) is 9.69. The highest BCUT2D eigenvalue weighted by molar-refractivity contribution is 7.80. The predicted octanol–water partition coefficient (Wildman–Crippen LogP) is 1.58. The van der Waals surface area contributed by atoms with Crippen LogP contribution in [0, 0.1) is 0 Å². The molecule has 0 atom stereocenters. The molecule has 0 radical (unpaired) electrons. The van der Waals surface area contributed by atoms with E-state index in [1.807, 2.05) is 14.1 Å². The lowest BCUT2D eigenvalue weighted by atomic mass is 10.1. The van der Waals surface area contributed by atoms with Crippen LogP contribution in [0.1, 0.15) is 5.56 Å². The van der Waals surface area contributed by atoms with Crippen LogP contribution in [-0.4, -0.2) is 19.1 Å². The van der Waals surface area contributed by atoms with E-state index in [2.05, 4.69) is 29.2 Å². The Morgan fingerprint density at radius 1 is 1.31 bits per heavy atom. The molecule has 1 aromatic carbocycles. The molecule has 0 saturated heterocycles. The van der Waals surface area contributed by atoms with E-state index in [9.17, 15) is 0 Å². The van der Waals surface area contributed by atoms with Crippen molar-refractivity contribution in [3.05, 3.63) is 29.8 Å². The second-order valence-corrected chi connectivity index (χ2v) is 3.73. The summed E-state index contributed by atoms with van der Waals surface area (Å²) in [6, 6.07) is 8.23. The zero-order chi connectivity index (χ0) is 9.84. The lowest BCUT2D eigenvalue weighted by Gasteiger charge is -2.12. The third kappa shape index (κ3) is 3.03. The van der Waals surface area contributed by atoms with Crippen molar-refractivity contribution in [2.75, 3.05) is 19.0 Å². The van der Waals surface area contributed by atoms with Gasteiger partial charge in [0.25, 0.3) is 0 Å². The van der Waals surface area contributed by atoms with Gasteiger partial charge in [0, 0.05) is 26.2 Å². The number of anilines is 1. The Labute approximate surface area is 84.3 Å². The van der Waals surface area contributed by atoms with Gasteiger partial charge in [0.15, 0.2) is 0 Å². The molecule has 0 amide bonds. The second kappa shape index (κ2) is 4.23. The number of benzene rings is 1. The minimum Gasteiger partial charge on any atom is -0.393 e. The van der Waals surface area contributed by atoms with Gasteiger partial charge in [0.1, 0.15) is 0 Å². The lowest BCUT2D eigenvalue weighted by Crippen LogP contribution is -2.11. The predicted molar refractivity (Wildman–Crippen MR) is 61.3 cm³/mol. The first kappa shape index (κ1) is 9.99. The van der Waals surface area contributed by atoms with Crippen molar-refractivity contribution in [3.8, 4) is 0 Å². The molecule has 2 nitrogen and oxygen atoms in total. The average Bonchev–Trinajstić information content (AvgIpc) is 2.04. The molecule has 0 bridgehead atoms. The number of rotatable bonds is 3. The number of hydrogen-bond acceptors (Lipinski definition) is 2. The van der Waals surface area contributed by atoms with Gasteiger partial charge in [0.2, 0.25) is 0 Å². The Morgan fingerprint density at radius 3 is 2.23 bits per heavy atom. The van der Waals surface area contributed by atoms with Crippen LogP contribution >= 0.6 is 12.2 Å². The molecular formula is C10H14N2S. The number of hydrogen-bond donors (Lipinski definition) is 1. The summed E-state index contributed by atoms with van der Waals surface area (Å²) in [5, 5.41) is 0. The fourth-order valence-corrected chi connectivity index (χ4v) is 1.28. The molecule has 0 aliphatic carbocycles. The van der Waals surface area contributed by atoms with E-state index in [1.165, 1.54) is 5.69 Å². The van der Waals surface area contributed by atoms with Crippen LogP contribution in [0.15, 0.2) is 24.3 Å². The van der Waals surface area contributed by atoms with Crippen molar-refractivity contribution in [2.24, 2.45) is 5.73 Å². The van der Waals surface area contributed by atoms with E-state index in [-0.39, 0.29) is 0 Å². The highest BCUT2D eigenvalue weighted by Crippen LogP contribution is 2.12. The molecule has 13 heavy (non-hydrogen) atoms. The number of nitrogens with two attached hydrogens (primary N) is 1. The highest BCUT2D eigenvalue weighted by Gasteiger charge is 1.96. The molecule has 1 aromatic rings. The van der Waals surface area contributed by atoms with Gasteiger partial charge in [-0.15, -0.1) is 0 Å². The average molecular weight is 194 g/mol. The minimum atomic E-state index is 0.539. The van der Waals surface area contributed by atoms with Crippen LogP contribution < -0.4 is 10.6 Å². The number of thiocarbonyl (C=S) groups is 1. The van der Waals surface area contributed by atoms with Crippen LogP contribution in [0.2, 0.25) is 0 Å². The zero-order valence-corrected chi connectivity index (χ0v) is 8.77. The molecule has 0 heterocycles. The number of nitrogens with zero attached hydrogens (tertiary/aromatic N) is 1. The van der Waals surface area contributed by atoms with Crippen LogP contribution in [0.3, 0.4) is 0 Å². The van der Waals surface area contributed by atoms with Gasteiger partial charge in [-0.05, 0) is 17.7 Å². The van der Waals surface area contributed by atoms with Gasteiger partial charge in [0.05, 0.1) is 4.99 Å². The molecule has 0 spiro atoms. The summed E-state index contributed by atoms with van der Waals surface area (Å²) in [5.74, 6) is 0. The summed E-state index contributed by atoms with van der Waals surface area (Å²) in [5.41, 5.74) is 7.80. The Balaban J connectivity index is 2.75. The zero-order valence-electron chi connectivity index (χ0n) is 7.95. The fraction of sp³-hybridized carbons (Fsp3) is 0.300. The van der Waals surface area contributed by atoms with Gasteiger partial charge >= 0.3 is 0 Å². The first-order valence-corrected chi connectivity index (χ1v) is 4.55. The Bertz CT molecular complexity index is 290. The topological polar surface area (TPSA) is 29.3 Å². The van der Waals surface area contributed by atoms with Crippen molar-refractivity contribution in [1.82, 2.24) is 0 Å². The summed E-state index contributed by atoms with van der Waals surface area (Å²) in [6.45, 7) is 0. The third-order valence-corrected chi connectivity index (χ3v) is 1.98. The van der Waals surface area contributed by atoms with Gasteiger partial charge in [-0.3, -0.25) is 0 Å². The molecule has 0 aromatic heterocycles. The Morgan fingerprint density at radius 2 is 1.85 bits per heavy atom. The Kier molecular flexibility index (Phi) is 3.25. The fourth-order valence-electron chi connectivity index (χ4n) is 1.11. The van der Waals surface area contributed by atoms with Crippen molar-refractivity contribution in [1.29, 1.82) is 0 Å². The molecule has 0 saturated carbocycles. The second-order valence-electron chi connectivity index (χ2n) is 3.20. The van der Waals surface area contributed by atoms with Gasteiger partial charge in [-0.1, -0.05) is 24.4 Å². The van der Waals surface area contributed by atoms with Crippen molar-refractivity contribution >= 4 is 22.9 Å². The largest absolute Gasteiger partial charge is 0.393 e. The molecule has 0 fully saturated rings. The molecular weight excluding hydrogens is 180 g/mol. The molecule has 3 heteroatoms. The summed E-state index contributed by atoms with van der Waals surface area (Å²) in [7, 11) is 4.03. The maximum absolute atomic E-state index is 5.44. The van der Waals surface area contributed by atoms with E-state index in [1.54, 1.807) is 0 Å². The minimum absolute atomic E-state index is 0.539. The van der Waals surface area contributed by atoms with E-state index in [0.717, 1.165) is 5.56 Å². The highest BCUT2D eigenvalue weighted by atomic mass is 32.1. The van der Waals surface area contributed by atoms with E-state index in [4.69, 9.17) is 18.0 Å². The van der Waals surface area contributed by atoms with Crippen molar-refractivity contribution < 1.29 is 0 Å². The van der Waals surface area contributed by atoms with Crippen LogP contribution in [0.4, 0.5) is 5.69 Å². The smallest absolute Gasteiger partial charge is 0.0771 e. The maximum Gasteiger partial charge on any atom is 0.0771 e. The summed E-state index contributed by atoms with van der Waals surface area (Å²) in [6.07, 6.45) is 0.684. The monoisotopic (exact) mass is 194 g/mol. The maximum atomic E-state index is 5.44. The first-order chi connectivity index (χ1) is 6.09. The molecule has 0 aliphatic rings. The Hall–Kier alpha value is -1.09. The summed E-state index contributed by atoms with van der Waals surface area (Å²) in [4.78, 5) is 2.60. The standard InChI is InChI=1S/C10H14N2S/c1-12(2)9-5-3-8(4-6-9)7-10(11)13/h3-6H,7H2,1-2H3,(H2,11,13). The van der Waals surface area contributed by atoms with E-state index in [0.29, 0.717) is 11.4 Å². The molecule has 0 aliphatic heterocycles. The summed E-state index contributed by atoms with van der Waals surface area (Å²) < 4.78 is 0. The van der Waals surface area contributed by atoms with Crippen LogP contribution in [0.25, 0.3) is 0 Å². The first-order valence-electron chi connectivity index (χ1n) is 4.14. The molecule has 0 unspecified atom stereocenters. The van der Waals surface area contributed by atoms with E-state index < -0.39 is 0 Å². The quantitative estimate of drug-likeness (QED) is 0.741. The van der Waals surface area contributed by atoms with Crippen LogP contribution in [-0.2, 0) is 6.42 Å². The third-order valence-electron chi connectivity index (χ3n) is 1.83. The van der Waals surface area contributed by atoms with Crippen molar-refractivity contribution in [2.45, 2.75) is 6.42 Å². The SMILES string of the molecule is CN(C)c1ccc(CC(N)=S)cc1. The summed E-state index contributed by atoms with van der Waals surface area (Å²) >= 11 is 4.83. The van der Waals surface area contributed by atoms with Crippen LogP contribution in [0.5, 0.6) is 0 Å². The molecule has 2 N–H and O–H groups in total. The van der Waals surface area contributed by atoms with Crippen molar-refractivity contribution in [3.63, 3.8) is 0 Å². The van der Waals surface area contributed by atoms with E-state index >= 15 is 0 Å². The lowest BCUT2D eigenvalue weighted by molar-refractivity contribution is 1.13.